The third-order valence-electron chi connectivity index (χ3n) is 2.74. The van der Waals surface area contributed by atoms with Gasteiger partial charge in [0.05, 0.1) is 0 Å². The Morgan fingerprint density at radius 2 is 1.90 bits per heavy atom. The van der Waals surface area contributed by atoms with Crippen molar-refractivity contribution in [3.63, 3.8) is 0 Å². The Labute approximate surface area is 118 Å². The van der Waals surface area contributed by atoms with Crippen molar-refractivity contribution in [3.8, 4) is 5.75 Å². The molecule has 2 aromatic carbocycles. The van der Waals surface area contributed by atoms with Crippen LogP contribution in [0.2, 0.25) is 0 Å². The molecule has 0 atom stereocenters. The Balaban J connectivity index is 1.95. The minimum Gasteiger partial charge on any atom is -0.489 e. The lowest BCUT2D eigenvalue weighted by Gasteiger charge is -2.06. The molecule has 0 saturated heterocycles. The van der Waals surface area contributed by atoms with Gasteiger partial charge in [-0.15, -0.1) is 0 Å². The molecular formula is C17H17NO2. The monoisotopic (exact) mass is 267 g/mol. The largest absolute Gasteiger partial charge is 0.489 e. The zero-order valence-corrected chi connectivity index (χ0v) is 11.2. The van der Waals surface area contributed by atoms with Crippen LogP contribution in [0.25, 0.3) is 6.08 Å². The lowest BCUT2D eigenvalue weighted by Crippen LogP contribution is -2.07. The van der Waals surface area contributed by atoms with Crippen LogP contribution in [0.5, 0.6) is 5.75 Å². The first-order valence-electron chi connectivity index (χ1n) is 6.46. The van der Waals surface area contributed by atoms with Crippen LogP contribution < -0.4 is 10.5 Å². The van der Waals surface area contributed by atoms with Crippen LogP contribution in [-0.2, 0) is 11.4 Å². The Bertz CT molecular complexity index is 591. The van der Waals surface area contributed by atoms with Crippen molar-refractivity contribution in [2.75, 3.05) is 0 Å². The van der Waals surface area contributed by atoms with E-state index in [1.165, 1.54) is 0 Å². The van der Waals surface area contributed by atoms with Gasteiger partial charge in [0.25, 0.3) is 0 Å². The molecule has 20 heavy (non-hydrogen) atoms. The molecule has 0 aromatic heterocycles. The zero-order valence-electron chi connectivity index (χ0n) is 11.2. The second-order valence-electron chi connectivity index (χ2n) is 4.42. The highest BCUT2D eigenvalue weighted by Gasteiger charge is 1.96. The maximum Gasteiger partial charge on any atom is 0.221 e. The SMILES string of the molecule is NC(=O)CC=Cc1cccc(OCc2ccccc2)c1. The molecule has 2 rings (SSSR count). The number of amides is 1. The second kappa shape index (κ2) is 7.14. The number of carbonyl (C=O) groups is 1. The standard InChI is InChI=1S/C17H17NO2/c18-17(19)11-5-9-14-8-4-10-16(12-14)20-13-15-6-2-1-3-7-15/h1-10,12H,11,13H2,(H2,18,19). The van der Waals surface area contributed by atoms with Gasteiger partial charge < -0.3 is 10.5 Å². The summed E-state index contributed by atoms with van der Waals surface area (Å²) in [6, 6.07) is 17.7. The summed E-state index contributed by atoms with van der Waals surface area (Å²) in [5.74, 6) is 0.466. The average molecular weight is 267 g/mol. The topological polar surface area (TPSA) is 52.3 Å². The summed E-state index contributed by atoms with van der Waals surface area (Å²) in [7, 11) is 0. The van der Waals surface area contributed by atoms with Gasteiger partial charge in [0.2, 0.25) is 5.91 Å². The number of carbonyl (C=O) groups excluding carboxylic acids is 1. The second-order valence-corrected chi connectivity index (χ2v) is 4.42. The van der Waals surface area contributed by atoms with Crippen molar-refractivity contribution in [3.05, 3.63) is 71.8 Å². The van der Waals surface area contributed by atoms with Crippen LogP contribution in [-0.4, -0.2) is 5.91 Å². The number of primary amides is 1. The number of rotatable bonds is 6. The Morgan fingerprint density at radius 1 is 1.10 bits per heavy atom. The maximum atomic E-state index is 10.7. The molecule has 1 amide bonds. The highest BCUT2D eigenvalue weighted by Crippen LogP contribution is 2.16. The molecule has 0 aliphatic carbocycles. The van der Waals surface area contributed by atoms with Gasteiger partial charge in [-0.25, -0.2) is 0 Å². The highest BCUT2D eigenvalue weighted by molar-refractivity contribution is 5.76. The quantitative estimate of drug-likeness (QED) is 0.874. The van der Waals surface area contributed by atoms with Crippen LogP contribution in [0.3, 0.4) is 0 Å². The van der Waals surface area contributed by atoms with E-state index in [4.69, 9.17) is 10.5 Å². The molecule has 2 N–H and O–H groups in total. The smallest absolute Gasteiger partial charge is 0.221 e. The molecule has 0 saturated carbocycles. The predicted octanol–water partition coefficient (Wildman–Crippen LogP) is 3.15. The third kappa shape index (κ3) is 4.61. The van der Waals surface area contributed by atoms with Crippen LogP contribution in [0.4, 0.5) is 0 Å². The molecule has 3 heteroatoms. The van der Waals surface area contributed by atoms with Crippen LogP contribution in [0.1, 0.15) is 17.5 Å². The first kappa shape index (κ1) is 13.9. The van der Waals surface area contributed by atoms with Crippen molar-refractivity contribution >= 4 is 12.0 Å². The summed E-state index contributed by atoms with van der Waals surface area (Å²) in [5, 5.41) is 0. The third-order valence-corrected chi connectivity index (χ3v) is 2.74. The maximum absolute atomic E-state index is 10.7. The van der Waals surface area contributed by atoms with E-state index in [1.54, 1.807) is 6.08 Å². The first-order valence-corrected chi connectivity index (χ1v) is 6.46. The fourth-order valence-corrected chi connectivity index (χ4v) is 1.76. The molecule has 3 nitrogen and oxygen atoms in total. The lowest BCUT2D eigenvalue weighted by molar-refractivity contribution is -0.117. The Hall–Kier alpha value is -2.55. The van der Waals surface area contributed by atoms with Gasteiger partial charge >= 0.3 is 0 Å². The summed E-state index contributed by atoms with van der Waals surface area (Å²) in [6.45, 7) is 0.537. The van der Waals surface area contributed by atoms with E-state index in [1.807, 2.05) is 60.7 Å². The highest BCUT2D eigenvalue weighted by atomic mass is 16.5. The fraction of sp³-hybridized carbons (Fsp3) is 0.118. The summed E-state index contributed by atoms with van der Waals surface area (Å²) < 4.78 is 5.73. The Kier molecular flexibility index (Phi) is 4.95. The molecule has 0 unspecified atom stereocenters. The summed E-state index contributed by atoms with van der Waals surface area (Å²) in [4.78, 5) is 10.7. The summed E-state index contributed by atoms with van der Waals surface area (Å²) in [6.07, 6.45) is 3.86. The molecular weight excluding hydrogens is 250 g/mol. The van der Waals surface area contributed by atoms with Crippen LogP contribution in [0, 0.1) is 0 Å². The summed E-state index contributed by atoms with van der Waals surface area (Å²) in [5.41, 5.74) is 7.19. The number of hydrogen-bond acceptors (Lipinski definition) is 2. The van der Waals surface area contributed by atoms with E-state index in [0.29, 0.717) is 6.61 Å². The van der Waals surface area contributed by atoms with E-state index in [9.17, 15) is 4.79 Å². The molecule has 0 aliphatic heterocycles. The van der Waals surface area contributed by atoms with Crippen molar-refractivity contribution in [2.45, 2.75) is 13.0 Å². The predicted molar refractivity (Wildman–Crippen MR) is 80.1 cm³/mol. The lowest BCUT2D eigenvalue weighted by atomic mass is 10.2. The molecule has 0 aliphatic rings. The fourth-order valence-electron chi connectivity index (χ4n) is 1.76. The van der Waals surface area contributed by atoms with Gasteiger partial charge in [-0.2, -0.15) is 0 Å². The first-order chi connectivity index (χ1) is 9.74. The van der Waals surface area contributed by atoms with Gasteiger partial charge in [-0.1, -0.05) is 54.6 Å². The molecule has 2 aromatic rings. The summed E-state index contributed by atoms with van der Waals surface area (Å²) >= 11 is 0. The molecule has 0 spiro atoms. The minimum atomic E-state index is -0.335. The van der Waals surface area contributed by atoms with E-state index in [-0.39, 0.29) is 12.3 Å². The van der Waals surface area contributed by atoms with Crippen molar-refractivity contribution in [1.82, 2.24) is 0 Å². The normalized spacial score (nSPS) is 10.6. The van der Waals surface area contributed by atoms with Crippen LogP contribution in [0.15, 0.2) is 60.7 Å². The van der Waals surface area contributed by atoms with Gasteiger partial charge in [-0.3, -0.25) is 4.79 Å². The number of benzene rings is 2. The van der Waals surface area contributed by atoms with Gasteiger partial charge in [0.15, 0.2) is 0 Å². The van der Waals surface area contributed by atoms with Crippen LogP contribution >= 0.6 is 0 Å². The van der Waals surface area contributed by atoms with Gasteiger partial charge in [0, 0.05) is 6.42 Å². The molecule has 102 valence electrons. The molecule has 0 fully saturated rings. The van der Waals surface area contributed by atoms with Gasteiger partial charge in [0.1, 0.15) is 12.4 Å². The van der Waals surface area contributed by atoms with E-state index < -0.39 is 0 Å². The van der Waals surface area contributed by atoms with E-state index in [2.05, 4.69) is 0 Å². The average Bonchev–Trinajstić information content (AvgIpc) is 2.46. The zero-order chi connectivity index (χ0) is 14.2. The number of hydrogen-bond donors (Lipinski definition) is 1. The van der Waals surface area contributed by atoms with Crippen molar-refractivity contribution in [2.24, 2.45) is 5.73 Å². The number of nitrogens with two attached hydrogens (primary N) is 1. The van der Waals surface area contributed by atoms with Crippen molar-refractivity contribution < 1.29 is 9.53 Å². The molecule has 0 radical (unpaired) electrons. The molecule has 0 bridgehead atoms. The minimum absolute atomic E-state index is 0.245. The molecule has 0 heterocycles. The van der Waals surface area contributed by atoms with E-state index >= 15 is 0 Å². The Morgan fingerprint density at radius 3 is 2.65 bits per heavy atom. The number of ether oxygens (including phenoxy) is 1. The van der Waals surface area contributed by atoms with Gasteiger partial charge in [-0.05, 0) is 23.3 Å². The van der Waals surface area contributed by atoms with Crippen molar-refractivity contribution in [1.29, 1.82) is 0 Å². The van der Waals surface area contributed by atoms with E-state index in [0.717, 1.165) is 16.9 Å².